The zero-order valence-electron chi connectivity index (χ0n) is 22.8. The van der Waals surface area contributed by atoms with Crippen LogP contribution in [0.15, 0.2) is 42.1 Å². The van der Waals surface area contributed by atoms with E-state index in [0.717, 1.165) is 30.7 Å². The lowest BCUT2D eigenvalue weighted by Crippen LogP contribution is -2.63. The molecule has 204 valence electrons. The molecule has 0 saturated heterocycles. The first-order valence-electron chi connectivity index (χ1n) is 13.8. The molecule has 3 saturated carbocycles. The van der Waals surface area contributed by atoms with E-state index in [0.29, 0.717) is 19.3 Å². The van der Waals surface area contributed by atoms with Crippen molar-refractivity contribution in [1.29, 1.82) is 0 Å². The summed E-state index contributed by atoms with van der Waals surface area (Å²) >= 11 is 1.43. The fourth-order valence-electron chi connectivity index (χ4n) is 7.78. The third-order valence-electron chi connectivity index (χ3n) is 10.4. The number of Topliss-reactive ketones (excluding diaryl/α,β-unsaturated/α-hetero) is 1. The van der Waals surface area contributed by atoms with Crippen molar-refractivity contribution in [2.24, 2.45) is 34.0 Å². The van der Waals surface area contributed by atoms with E-state index >= 15 is 0 Å². The average molecular weight is 531 g/mol. The highest BCUT2D eigenvalue weighted by molar-refractivity contribution is 8.00. The van der Waals surface area contributed by atoms with Crippen LogP contribution in [0, 0.1) is 34.0 Å². The van der Waals surface area contributed by atoms with Crippen LogP contribution in [0.2, 0.25) is 0 Å². The molecule has 1 heterocycles. The van der Waals surface area contributed by atoms with Crippen molar-refractivity contribution >= 4 is 23.5 Å². The minimum atomic E-state index is -0.659. The maximum atomic E-state index is 13.5. The number of carbonyl (C=O) groups is 2. The van der Waals surface area contributed by atoms with E-state index in [9.17, 15) is 14.7 Å². The fourth-order valence-corrected chi connectivity index (χ4v) is 8.45. The number of aromatic nitrogens is 1. The van der Waals surface area contributed by atoms with E-state index < -0.39 is 23.0 Å². The fraction of sp³-hybridized carbons (Fsp3) is 0.700. The van der Waals surface area contributed by atoms with Crippen molar-refractivity contribution in [3.05, 3.63) is 37.2 Å². The molecule has 1 aromatic heterocycles. The molecule has 4 rings (SSSR count). The van der Waals surface area contributed by atoms with E-state index in [-0.39, 0.29) is 47.3 Å². The summed E-state index contributed by atoms with van der Waals surface area (Å²) in [7, 11) is 0. The number of nitrogens with zero attached hydrogens (tertiary/aromatic N) is 1. The van der Waals surface area contributed by atoms with E-state index in [1.807, 2.05) is 42.1 Å². The molecule has 1 aromatic rings. The highest BCUT2D eigenvalue weighted by Gasteiger charge is 2.68. The van der Waals surface area contributed by atoms with Crippen molar-refractivity contribution in [2.45, 2.75) is 89.9 Å². The van der Waals surface area contributed by atoms with Crippen LogP contribution in [0.4, 0.5) is 0 Å². The molecule has 3 fully saturated rings. The first-order chi connectivity index (χ1) is 17.5. The van der Waals surface area contributed by atoms with E-state index in [1.54, 1.807) is 0 Å². The number of thioether (sulfide) groups is 1. The second-order valence-electron chi connectivity index (χ2n) is 12.2. The molecule has 0 radical (unpaired) electrons. The van der Waals surface area contributed by atoms with Gasteiger partial charge in [-0.25, -0.2) is 4.57 Å². The highest BCUT2D eigenvalue weighted by Crippen LogP contribution is 2.68. The van der Waals surface area contributed by atoms with Crippen LogP contribution < -0.4 is 4.57 Å². The Morgan fingerprint density at radius 2 is 1.97 bits per heavy atom. The first kappa shape index (κ1) is 28.3. The third kappa shape index (κ3) is 4.92. The number of hydrogen-bond donors (Lipinski definition) is 2. The Bertz CT molecular complexity index is 1010. The standard InChI is InChI=1S/C30H44NO5S/c1-6-28(4)18-24(36-25(34)19-37-22-10-15-31(16-11-22)14-7-17-32)29(5)20(2)8-12-30(21(3)27(28)35)13-9-23(33)26(29)30/h6,10-11,15-16,20-21,24,26-27,32,35H,1,7-9,12-14,17-19H2,2-5H3/q+1/t20-,21+,24-,26+,27+,28-,29+,30+/m1/s1. The smallest absolute Gasteiger partial charge is 0.316 e. The number of esters is 1. The summed E-state index contributed by atoms with van der Waals surface area (Å²) in [5, 5.41) is 20.6. The number of aliphatic hydroxyl groups is 2. The Labute approximate surface area is 225 Å². The number of pyridine rings is 1. The quantitative estimate of drug-likeness (QED) is 0.225. The maximum Gasteiger partial charge on any atom is 0.316 e. The number of carbonyl (C=O) groups excluding carboxylic acids is 2. The van der Waals surface area contributed by atoms with Gasteiger partial charge in [-0.15, -0.1) is 18.3 Å². The number of aryl methyl sites for hydroxylation is 1. The van der Waals surface area contributed by atoms with Gasteiger partial charge in [0.05, 0.1) is 11.9 Å². The van der Waals surface area contributed by atoms with Crippen molar-refractivity contribution in [1.82, 2.24) is 0 Å². The van der Waals surface area contributed by atoms with E-state index in [2.05, 4.69) is 27.4 Å². The number of ether oxygens (including phenoxy) is 1. The topological polar surface area (TPSA) is 87.7 Å². The Hall–Kier alpha value is -1.70. The maximum absolute atomic E-state index is 13.5. The molecule has 0 amide bonds. The monoisotopic (exact) mass is 530 g/mol. The van der Waals surface area contributed by atoms with Crippen molar-refractivity contribution in [3.63, 3.8) is 0 Å². The lowest BCUT2D eigenvalue weighted by molar-refractivity contribution is -0.697. The molecule has 3 aliphatic carbocycles. The summed E-state index contributed by atoms with van der Waals surface area (Å²) < 4.78 is 8.32. The average Bonchev–Trinajstić information content (AvgIpc) is 3.25. The molecular formula is C30H44NO5S+. The summed E-state index contributed by atoms with van der Waals surface area (Å²) in [4.78, 5) is 27.7. The predicted octanol–water partition coefficient (Wildman–Crippen LogP) is 4.36. The van der Waals surface area contributed by atoms with Gasteiger partial charge in [-0.3, -0.25) is 9.59 Å². The van der Waals surface area contributed by atoms with Crippen molar-refractivity contribution in [3.8, 4) is 0 Å². The normalized spacial score (nSPS) is 39.4. The zero-order valence-corrected chi connectivity index (χ0v) is 23.6. The Kier molecular flexibility index (Phi) is 8.28. The molecule has 0 aliphatic heterocycles. The van der Waals surface area contributed by atoms with Gasteiger partial charge >= 0.3 is 5.97 Å². The lowest BCUT2D eigenvalue weighted by atomic mass is 9.44. The van der Waals surface area contributed by atoms with Crippen LogP contribution >= 0.6 is 11.8 Å². The first-order valence-corrected chi connectivity index (χ1v) is 14.8. The van der Waals surface area contributed by atoms with Crippen LogP contribution in [0.5, 0.6) is 0 Å². The van der Waals surface area contributed by atoms with Gasteiger partial charge in [-0.2, -0.15) is 0 Å². The third-order valence-corrected chi connectivity index (χ3v) is 11.4. The molecule has 37 heavy (non-hydrogen) atoms. The van der Waals surface area contributed by atoms with E-state index in [4.69, 9.17) is 9.84 Å². The highest BCUT2D eigenvalue weighted by atomic mass is 32.2. The van der Waals surface area contributed by atoms with Gasteiger partial charge in [0.2, 0.25) is 0 Å². The molecule has 3 aliphatic rings. The van der Waals surface area contributed by atoms with Crippen LogP contribution in [0.25, 0.3) is 0 Å². The van der Waals surface area contributed by atoms with Crippen LogP contribution in [-0.2, 0) is 20.9 Å². The van der Waals surface area contributed by atoms with Crippen LogP contribution in [-0.4, -0.2) is 46.5 Å². The lowest BCUT2D eigenvalue weighted by Gasteiger charge is -2.61. The molecule has 2 bridgehead atoms. The van der Waals surface area contributed by atoms with Gasteiger partial charge in [-0.05, 0) is 42.9 Å². The second kappa shape index (κ2) is 10.8. The Morgan fingerprint density at radius 1 is 1.27 bits per heavy atom. The summed E-state index contributed by atoms with van der Waals surface area (Å²) in [6.45, 7) is 13.5. The minimum absolute atomic E-state index is 0.0378. The van der Waals surface area contributed by atoms with Gasteiger partial charge < -0.3 is 14.9 Å². The molecular weight excluding hydrogens is 486 g/mol. The number of hydrogen-bond acceptors (Lipinski definition) is 6. The number of aliphatic hydroxyl groups excluding tert-OH is 2. The van der Waals surface area contributed by atoms with Crippen LogP contribution in [0.1, 0.15) is 66.2 Å². The van der Waals surface area contributed by atoms with Gasteiger partial charge in [0, 0.05) is 53.2 Å². The number of ketones is 1. The Balaban J connectivity index is 1.58. The van der Waals surface area contributed by atoms with Gasteiger partial charge in [0.15, 0.2) is 18.9 Å². The minimum Gasteiger partial charge on any atom is -0.461 e. The predicted molar refractivity (Wildman–Crippen MR) is 144 cm³/mol. The van der Waals surface area contributed by atoms with Crippen molar-refractivity contribution in [2.75, 3.05) is 12.4 Å². The molecule has 0 aromatic carbocycles. The number of rotatable bonds is 8. The summed E-state index contributed by atoms with van der Waals surface area (Å²) in [5.41, 5.74) is -1.38. The summed E-state index contributed by atoms with van der Waals surface area (Å²) in [6, 6.07) is 3.93. The molecule has 8 atom stereocenters. The Morgan fingerprint density at radius 3 is 2.62 bits per heavy atom. The molecule has 6 nitrogen and oxygen atoms in total. The SMILES string of the molecule is C=C[C@]1(C)C[C@@H](OC(=O)CSc2cc[n+](CCCO)cc2)[C@]2(C)[C@H](C)CC[C@]3(CCC(=O)[C@H]32)[C@@H](C)[C@@H]1O. The van der Waals surface area contributed by atoms with Gasteiger partial charge in [-0.1, -0.05) is 33.8 Å². The van der Waals surface area contributed by atoms with Gasteiger partial charge in [0.1, 0.15) is 11.9 Å². The molecule has 0 spiro atoms. The largest absolute Gasteiger partial charge is 0.461 e. The van der Waals surface area contributed by atoms with E-state index in [1.165, 1.54) is 11.8 Å². The second-order valence-corrected chi connectivity index (χ2v) is 13.3. The zero-order chi connectivity index (χ0) is 27.0. The van der Waals surface area contributed by atoms with Crippen molar-refractivity contribution < 1.29 is 29.1 Å². The summed E-state index contributed by atoms with van der Waals surface area (Å²) in [5.74, 6) is 0.120. The van der Waals surface area contributed by atoms with Gasteiger partial charge in [0.25, 0.3) is 0 Å². The summed E-state index contributed by atoms with van der Waals surface area (Å²) in [6.07, 6.45) is 8.97. The molecule has 0 unspecified atom stereocenters. The molecule has 7 heteroatoms. The van der Waals surface area contributed by atoms with Crippen LogP contribution in [0.3, 0.4) is 0 Å². The molecule has 2 N–H and O–H groups in total.